The van der Waals surface area contributed by atoms with E-state index in [9.17, 15) is 20.0 Å². The number of aromatic hydroxyl groups is 1. The number of nitrogens with one attached hydrogen (secondary N) is 1. The zero-order valence-electron chi connectivity index (χ0n) is 12.5. The van der Waals surface area contributed by atoms with Gasteiger partial charge in [-0.15, -0.1) is 0 Å². The second-order valence-electron chi connectivity index (χ2n) is 4.63. The van der Waals surface area contributed by atoms with Gasteiger partial charge in [-0.2, -0.15) is 5.10 Å². The molecule has 25 heavy (non-hydrogen) atoms. The zero-order valence-corrected chi connectivity index (χ0v) is 14.8. The lowest BCUT2D eigenvalue weighted by Gasteiger charge is -2.05. The van der Waals surface area contributed by atoms with E-state index in [1.54, 1.807) is 12.1 Å². The maximum Gasteiger partial charge on any atom is 0.310 e. The second-order valence-corrected chi connectivity index (χ2v) is 5.96. The number of hydrogen-bond donors (Lipinski definition) is 2. The number of hydrogen-bond acceptors (Lipinski definition) is 6. The van der Waals surface area contributed by atoms with Crippen molar-refractivity contribution < 1.29 is 19.6 Å². The summed E-state index contributed by atoms with van der Waals surface area (Å²) in [6.45, 7) is -0.465. The van der Waals surface area contributed by atoms with E-state index >= 15 is 0 Å². The van der Waals surface area contributed by atoms with Crippen LogP contribution < -0.4 is 10.2 Å². The third-order valence-electron chi connectivity index (χ3n) is 2.87. The van der Waals surface area contributed by atoms with Crippen molar-refractivity contribution in [2.75, 3.05) is 6.61 Å². The molecule has 0 aliphatic rings. The molecule has 0 aliphatic heterocycles. The number of nitrogens with zero attached hydrogens (tertiary/aromatic N) is 2. The van der Waals surface area contributed by atoms with E-state index in [0.717, 1.165) is 0 Å². The highest BCUT2D eigenvalue weighted by Gasteiger charge is 2.14. The van der Waals surface area contributed by atoms with Crippen LogP contribution in [0.4, 0.5) is 5.69 Å². The molecule has 0 aromatic heterocycles. The largest absolute Gasteiger partial charge is 0.506 e. The van der Waals surface area contributed by atoms with Crippen molar-refractivity contribution in [3.8, 4) is 11.5 Å². The van der Waals surface area contributed by atoms with E-state index in [1.165, 1.54) is 30.5 Å². The van der Waals surface area contributed by atoms with E-state index < -0.39 is 17.4 Å². The number of nitro groups is 1. The van der Waals surface area contributed by atoms with Gasteiger partial charge in [0.2, 0.25) is 0 Å². The summed E-state index contributed by atoms with van der Waals surface area (Å²) in [5, 5.41) is 24.4. The fraction of sp³-hybridized carbons (Fsp3) is 0.0667. The Kier molecular flexibility index (Phi) is 6.31. The van der Waals surface area contributed by atoms with Crippen LogP contribution in [0.25, 0.3) is 0 Å². The Morgan fingerprint density at radius 2 is 2.16 bits per heavy atom. The van der Waals surface area contributed by atoms with Gasteiger partial charge in [-0.05, 0) is 18.2 Å². The minimum atomic E-state index is -0.630. The van der Waals surface area contributed by atoms with Gasteiger partial charge in [-0.1, -0.05) is 39.7 Å². The summed E-state index contributed by atoms with van der Waals surface area (Å²) >= 11 is 9.03. The van der Waals surface area contributed by atoms with Crippen LogP contribution >= 0.6 is 27.5 Å². The Bertz CT molecular complexity index is 844. The normalized spacial score (nSPS) is 10.6. The molecule has 8 nitrogen and oxygen atoms in total. The van der Waals surface area contributed by atoms with Crippen molar-refractivity contribution in [3.63, 3.8) is 0 Å². The maximum atomic E-state index is 11.7. The van der Waals surface area contributed by atoms with Crippen LogP contribution in [0, 0.1) is 10.1 Å². The number of phenolic OH excluding ortho intramolecular Hbond substituents is 1. The number of rotatable bonds is 6. The van der Waals surface area contributed by atoms with Crippen LogP contribution in [0.5, 0.6) is 11.5 Å². The molecule has 0 spiro atoms. The van der Waals surface area contributed by atoms with Gasteiger partial charge >= 0.3 is 5.69 Å². The molecular formula is C15H11BrClN3O5. The van der Waals surface area contributed by atoms with Crippen LogP contribution in [-0.4, -0.2) is 28.8 Å². The predicted octanol–water partition coefficient (Wildman–Crippen LogP) is 3.25. The molecule has 2 N–H and O–H groups in total. The average Bonchev–Trinajstić information content (AvgIpc) is 2.57. The van der Waals surface area contributed by atoms with Crippen LogP contribution in [0.1, 0.15) is 5.56 Å². The number of carbonyl (C=O) groups is 1. The minimum Gasteiger partial charge on any atom is -0.506 e. The Hall–Kier alpha value is -2.65. The molecule has 0 atom stereocenters. The molecule has 0 unspecified atom stereocenters. The van der Waals surface area contributed by atoms with Crippen molar-refractivity contribution in [1.82, 2.24) is 5.43 Å². The van der Waals surface area contributed by atoms with Gasteiger partial charge in [0.15, 0.2) is 12.4 Å². The molecule has 1 amide bonds. The Balaban J connectivity index is 1.95. The molecule has 0 heterocycles. The molecule has 0 saturated carbocycles. The zero-order chi connectivity index (χ0) is 18.4. The van der Waals surface area contributed by atoms with E-state index in [2.05, 4.69) is 26.5 Å². The molecule has 2 aromatic carbocycles. The molecule has 0 aliphatic carbocycles. The fourth-order valence-corrected chi connectivity index (χ4v) is 2.60. The van der Waals surface area contributed by atoms with Crippen LogP contribution in [0.2, 0.25) is 5.02 Å². The number of carbonyl (C=O) groups excluding carboxylic acids is 1. The van der Waals surface area contributed by atoms with Gasteiger partial charge in [-0.25, -0.2) is 5.43 Å². The average molecular weight is 429 g/mol. The van der Waals surface area contributed by atoms with Gasteiger partial charge < -0.3 is 9.84 Å². The number of amides is 1. The van der Waals surface area contributed by atoms with E-state index in [-0.39, 0.29) is 22.2 Å². The monoisotopic (exact) mass is 427 g/mol. The Morgan fingerprint density at radius 3 is 2.88 bits per heavy atom. The maximum absolute atomic E-state index is 11.7. The number of halogens is 2. The standard InChI is InChI=1S/C15H11BrClN3O5/c16-10-5-9(15(22)11(17)6-10)7-18-19-14(21)8-25-13-4-2-1-3-12(13)20(23)24/h1-7,22H,8H2,(H,19,21)/b18-7-. The van der Waals surface area contributed by atoms with Gasteiger partial charge in [-0.3, -0.25) is 14.9 Å². The SMILES string of the molecule is O=C(COc1ccccc1[N+](=O)[O-])N/N=C\c1cc(Br)cc(Cl)c1O. The molecule has 2 aromatic rings. The van der Waals surface area contributed by atoms with Crippen molar-refractivity contribution >= 4 is 45.3 Å². The highest BCUT2D eigenvalue weighted by molar-refractivity contribution is 9.10. The lowest BCUT2D eigenvalue weighted by Crippen LogP contribution is -2.24. The summed E-state index contributed by atoms with van der Waals surface area (Å²) < 4.78 is 5.75. The lowest BCUT2D eigenvalue weighted by molar-refractivity contribution is -0.385. The Morgan fingerprint density at radius 1 is 1.44 bits per heavy atom. The molecule has 0 saturated heterocycles. The topological polar surface area (TPSA) is 114 Å². The minimum absolute atomic E-state index is 0.0250. The number of phenols is 1. The number of para-hydroxylation sites is 2. The first-order valence-corrected chi connectivity index (χ1v) is 7.91. The van der Waals surface area contributed by atoms with E-state index in [0.29, 0.717) is 10.0 Å². The number of hydrazone groups is 1. The predicted molar refractivity (Wildman–Crippen MR) is 95.1 cm³/mol. The molecule has 0 radical (unpaired) electrons. The first kappa shape index (κ1) is 18.7. The molecular weight excluding hydrogens is 418 g/mol. The summed E-state index contributed by atoms with van der Waals surface area (Å²) in [5.41, 5.74) is 2.23. The van der Waals surface area contributed by atoms with Crippen molar-refractivity contribution in [3.05, 3.63) is 61.6 Å². The van der Waals surface area contributed by atoms with E-state index in [4.69, 9.17) is 16.3 Å². The molecule has 10 heteroatoms. The second kappa shape index (κ2) is 8.45. The highest BCUT2D eigenvalue weighted by atomic mass is 79.9. The quantitative estimate of drug-likeness (QED) is 0.416. The van der Waals surface area contributed by atoms with Gasteiger partial charge in [0, 0.05) is 16.1 Å². The summed E-state index contributed by atoms with van der Waals surface area (Å²) in [7, 11) is 0. The first-order valence-electron chi connectivity index (χ1n) is 6.74. The van der Waals surface area contributed by atoms with Gasteiger partial charge in [0.1, 0.15) is 5.75 Å². The lowest BCUT2D eigenvalue weighted by atomic mass is 10.2. The first-order chi connectivity index (χ1) is 11.9. The van der Waals surface area contributed by atoms with Crippen molar-refractivity contribution in [2.45, 2.75) is 0 Å². The van der Waals surface area contributed by atoms with E-state index in [1.807, 2.05) is 0 Å². The third-order valence-corrected chi connectivity index (χ3v) is 3.62. The molecule has 130 valence electrons. The van der Waals surface area contributed by atoms with Crippen molar-refractivity contribution in [2.24, 2.45) is 5.10 Å². The Labute approximate surface area is 155 Å². The number of benzene rings is 2. The van der Waals surface area contributed by atoms with Crippen LogP contribution in [-0.2, 0) is 4.79 Å². The summed E-state index contributed by atoms with van der Waals surface area (Å²) in [6, 6.07) is 8.76. The summed E-state index contributed by atoms with van der Waals surface area (Å²) in [5.74, 6) is -0.836. The smallest absolute Gasteiger partial charge is 0.310 e. The fourth-order valence-electron chi connectivity index (χ4n) is 1.76. The molecule has 2 rings (SSSR count). The van der Waals surface area contributed by atoms with Gasteiger partial charge in [0.25, 0.3) is 5.91 Å². The highest BCUT2D eigenvalue weighted by Crippen LogP contribution is 2.30. The third kappa shape index (κ3) is 5.16. The number of nitro benzene ring substituents is 1. The summed E-state index contributed by atoms with van der Waals surface area (Å²) in [6.07, 6.45) is 1.20. The molecule has 0 fully saturated rings. The molecule has 0 bridgehead atoms. The summed E-state index contributed by atoms with van der Waals surface area (Å²) in [4.78, 5) is 21.9. The van der Waals surface area contributed by atoms with Gasteiger partial charge in [0.05, 0.1) is 16.2 Å². The van der Waals surface area contributed by atoms with Crippen molar-refractivity contribution in [1.29, 1.82) is 0 Å². The van der Waals surface area contributed by atoms with Crippen LogP contribution in [0.3, 0.4) is 0 Å². The van der Waals surface area contributed by atoms with Crippen LogP contribution in [0.15, 0.2) is 46.0 Å². The number of ether oxygens (including phenoxy) is 1.